The second kappa shape index (κ2) is 7.98. The van der Waals surface area contributed by atoms with Crippen LogP contribution in [0.2, 0.25) is 0 Å². The molecular weight excluding hydrogens is 360 g/mol. The van der Waals surface area contributed by atoms with Gasteiger partial charge in [-0.25, -0.2) is 8.78 Å². The van der Waals surface area contributed by atoms with E-state index in [1.165, 1.54) is 38.4 Å². The smallest absolute Gasteiger partial charge is 0.129 e. The number of halogens is 2. The van der Waals surface area contributed by atoms with E-state index in [4.69, 9.17) is 10.5 Å². The Hall–Kier alpha value is -1.08. The van der Waals surface area contributed by atoms with E-state index in [1.807, 2.05) is 0 Å². The number of piperidine rings is 1. The number of hydrogen-bond donors (Lipinski definition) is 1. The van der Waals surface area contributed by atoms with E-state index in [0.29, 0.717) is 18.1 Å². The van der Waals surface area contributed by atoms with Crippen molar-refractivity contribution in [2.75, 3.05) is 32.8 Å². The second-order valence-corrected chi connectivity index (χ2v) is 9.32. The van der Waals surface area contributed by atoms with E-state index in [9.17, 15) is 8.78 Å². The van der Waals surface area contributed by atoms with Gasteiger partial charge in [0, 0.05) is 30.2 Å². The van der Waals surface area contributed by atoms with Crippen LogP contribution in [0.4, 0.5) is 8.78 Å². The van der Waals surface area contributed by atoms with Crippen LogP contribution in [0, 0.1) is 17.0 Å². The van der Waals surface area contributed by atoms with Gasteiger partial charge in [0.1, 0.15) is 17.7 Å². The molecule has 0 amide bonds. The van der Waals surface area contributed by atoms with E-state index in [2.05, 4.69) is 23.6 Å². The third kappa shape index (κ3) is 3.97. The van der Waals surface area contributed by atoms with Gasteiger partial charge in [0.05, 0.1) is 6.61 Å². The zero-order chi connectivity index (χ0) is 19.9. The molecule has 3 saturated heterocycles. The van der Waals surface area contributed by atoms with Gasteiger partial charge in [0.25, 0.3) is 0 Å². The summed E-state index contributed by atoms with van der Waals surface area (Å²) in [6.07, 6.45) is 3.94. The molecule has 1 aromatic rings. The van der Waals surface area contributed by atoms with Crippen molar-refractivity contribution < 1.29 is 13.5 Å². The van der Waals surface area contributed by atoms with Crippen molar-refractivity contribution >= 4 is 0 Å². The van der Waals surface area contributed by atoms with Gasteiger partial charge in [-0.2, -0.15) is 0 Å². The highest BCUT2D eigenvalue weighted by Gasteiger charge is 2.43. The molecule has 3 heterocycles. The van der Waals surface area contributed by atoms with Crippen molar-refractivity contribution in [2.45, 2.75) is 63.8 Å². The van der Waals surface area contributed by atoms with Crippen LogP contribution >= 0.6 is 0 Å². The van der Waals surface area contributed by atoms with Gasteiger partial charge in [-0.05, 0) is 82.8 Å². The third-order valence-electron chi connectivity index (χ3n) is 7.24. The van der Waals surface area contributed by atoms with Crippen LogP contribution in [-0.2, 0) is 4.74 Å². The van der Waals surface area contributed by atoms with Gasteiger partial charge in [-0.3, -0.25) is 4.90 Å². The van der Waals surface area contributed by atoms with Crippen molar-refractivity contribution in [1.29, 1.82) is 0 Å². The highest BCUT2D eigenvalue weighted by atomic mass is 19.1. The van der Waals surface area contributed by atoms with Crippen LogP contribution in [0.5, 0.6) is 0 Å². The molecule has 3 atom stereocenters. The minimum Gasteiger partial charge on any atom is -0.370 e. The van der Waals surface area contributed by atoms with Crippen molar-refractivity contribution in [3.05, 3.63) is 35.4 Å². The van der Waals surface area contributed by atoms with E-state index in [0.717, 1.165) is 31.6 Å². The molecule has 4 rings (SSSR count). The number of ether oxygens (including phenoxy) is 1. The second-order valence-electron chi connectivity index (χ2n) is 9.32. The van der Waals surface area contributed by atoms with Gasteiger partial charge >= 0.3 is 0 Å². The molecule has 6 heteroatoms. The van der Waals surface area contributed by atoms with E-state index in [1.54, 1.807) is 0 Å². The minimum atomic E-state index is -0.572. The average Bonchev–Trinajstić information content (AvgIpc) is 3.08. The third-order valence-corrected chi connectivity index (χ3v) is 7.24. The Balaban J connectivity index is 1.34. The van der Waals surface area contributed by atoms with E-state index in [-0.39, 0.29) is 17.6 Å². The topological polar surface area (TPSA) is 41.7 Å². The maximum atomic E-state index is 14.1. The fourth-order valence-electron chi connectivity index (χ4n) is 5.33. The number of nitrogens with two attached hydrogens (primary N) is 1. The van der Waals surface area contributed by atoms with Crippen molar-refractivity contribution in [3.63, 3.8) is 0 Å². The summed E-state index contributed by atoms with van der Waals surface area (Å²) in [5, 5.41) is 0. The van der Waals surface area contributed by atoms with Crippen molar-refractivity contribution in [1.82, 2.24) is 9.80 Å². The predicted molar refractivity (Wildman–Crippen MR) is 106 cm³/mol. The zero-order valence-corrected chi connectivity index (χ0v) is 17.0. The first-order valence-corrected chi connectivity index (χ1v) is 10.7. The highest BCUT2D eigenvalue weighted by Crippen LogP contribution is 2.42. The van der Waals surface area contributed by atoms with Gasteiger partial charge in [-0.15, -0.1) is 0 Å². The molecule has 0 aliphatic carbocycles. The van der Waals surface area contributed by atoms with Crippen LogP contribution in [0.1, 0.15) is 51.2 Å². The van der Waals surface area contributed by atoms with Crippen LogP contribution in [0.25, 0.3) is 0 Å². The first-order valence-electron chi connectivity index (χ1n) is 10.7. The molecule has 3 aliphatic rings. The Labute approximate surface area is 167 Å². The number of likely N-dealkylation sites (tertiary alicyclic amines) is 2. The van der Waals surface area contributed by atoms with Gasteiger partial charge < -0.3 is 15.4 Å². The summed E-state index contributed by atoms with van der Waals surface area (Å²) < 4.78 is 33.6. The summed E-state index contributed by atoms with van der Waals surface area (Å²) in [5.74, 6) is -0.904. The molecule has 3 fully saturated rings. The first-order chi connectivity index (χ1) is 13.4. The molecule has 28 heavy (non-hydrogen) atoms. The summed E-state index contributed by atoms with van der Waals surface area (Å²) in [5.41, 5.74) is 7.06. The quantitative estimate of drug-likeness (QED) is 0.856. The van der Waals surface area contributed by atoms with Gasteiger partial charge in [0.2, 0.25) is 0 Å². The van der Waals surface area contributed by atoms with Crippen molar-refractivity contribution in [2.24, 2.45) is 11.1 Å². The van der Waals surface area contributed by atoms with Crippen LogP contribution in [-0.4, -0.2) is 60.7 Å². The molecule has 1 aromatic carbocycles. The average molecular weight is 394 g/mol. The van der Waals surface area contributed by atoms with Crippen LogP contribution in [0.15, 0.2) is 18.2 Å². The molecule has 0 saturated carbocycles. The molecule has 3 aliphatic heterocycles. The van der Waals surface area contributed by atoms with Crippen molar-refractivity contribution in [3.8, 4) is 0 Å². The molecule has 2 N–H and O–H groups in total. The lowest BCUT2D eigenvalue weighted by Crippen LogP contribution is -2.53. The lowest BCUT2D eigenvalue weighted by Gasteiger charge is -2.46. The van der Waals surface area contributed by atoms with E-state index < -0.39 is 17.7 Å². The normalized spacial score (nSPS) is 31.7. The summed E-state index contributed by atoms with van der Waals surface area (Å²) >= 11 is 0. The number of hydrogen-bond acceptors (Lipinski definition) is 4. The minimum absolute atomic E-state index is 0.239. The molecule has 0 radical (unpaired) electrons. The Kier molecular flexibility index (Phi) is 5.76. The van der Waals surface area contributed by atoms with E-state index >= 15 is 0 Å². The van der Waals surface area contributed by atoms with Gasteiger partial charge in [0.15, 0.2) is 0 Å². The molecule has 0 bridgehead atoms. The Morgan fingerprint density at radius 3 is 2.50 bits per heavy atom. The molecule has 4 nitrogen and oxygen atoms in total. The highest BCUT2D eigenvalue weighted by molar-refractivity contribution is 5.23. The predicted octanol–water partition coefficient (Wildman–Crippen LogP) is 3.32. The standard InChI is InChI=1S/C22H33F2N3O/c1-15(2)27-10-7-22(14-27)5-8-26(9-6-22)17-12-20(25)21(28-13-17)18-11-16(23)3-4-19(18)24/h3-4,11,15,17,20-21H,5-10,12-14,25H2,1-2H3. The number of rotatable bonds is 3. The maximum Gasteiger partial charge on any atom is 0.129 e. The largest absolute Gasteiger partial charge is 0.370 e. The molecule has 0 aromatic heterocycles. The summed E-state index contributed by atoms with van der Waals surface area (Å²) in [7, 11) is 0. The Morgan fingerprint density at radius 1 is 1.14 bits per heavy atom. The van der Waals surface area contributed by atoms with Crippen LogP contribution < -0.4 is 5.73 Å². The van der Waals surface area contributed by atoms with Gasteiger partial charge in [-0.1, -0.05) is 0 Å². The molecule has 156 valence electrons. The summed E-state index contributed by atoms with van der Waals surface area (Å²) in [6.45, 7) is 9.69. The molecule has 3 unspecified atom stereocenters. The van der Waals surface area contributed by atoms with Crippen LogP contribution in [0.3, 0.4) is 0 Å². The number of nitrogens with zero attached hydrogens (tertiary/aromatic N) is 2. The fourth-order valence-corrected chi connectivity index (χ4v) is 5.33. The zero-order valence-electron chi connectivity index (χ0n) is 17.0. The summed E-state index contributed by atoms with van der Waals surface area (Å²) in [6, 6.07) is 4.06. The molecule has 1 spiro atoms. The lowest BCUT2D eigenvalue weighted by atomic mass is 9.77. The Bertz CT molecular complexity index is 690. The molecular formula is C22H33F2N3O. The first kappa shape index (κ1) is 20.2. The monoisotopic (exact) mass is 393 g/mol. The fraction of sp³-hybridized carbons (Fsp3) is 0.727. The lowest BCUT2D eigenvalue weighted by molar-refractivity contribution is -0.0630. The SMILES string of the molecule is CC(C)N1CCC2(CCN(C3COC(c4cc(F)ccc4F)C(N)C3)CC2)C1. The summed E-state index contributed by atoms with van der Waals surface area (Å²) in [4.78, 5) is 5.11. The maximum absolute atomic E-state index is 14.1. The number of benzene rings is 1. The Morgan fingerprint density at radius 2 is 1.86 bits per heavy atom.